The zero-order valence-corrected chi connectivity index (χ0v) is 9.06. The predicted molar refractivity (Wildman–Crippen MR) is 59.5 cm³/mol. The van der Waals surface area contributed by atoms with Crippen LogP contribution in [0.25, 0.3) is 0 Å². The summed E-state index contributed by atoms with van der Waals surface area (Å²) in [5.74, 6) is 0. The highest BCUT2D eigenvalue weighted by Gasteiger charge is 2.06. The summed E-state index contributed by atoms with van der Waals surface area (Å²) in [5.41, 5.74) is 2.96. The van der Waals surface area contributed by atoms with Crippen molar-refractivity contribution >= 4 is 12.2 Å². The number of nitrogens with zero attached hydrogens (tertiary/aromatic N) is 2. The fourth-order valence-corrected chi connectivity index (χ4v) is 1.60. The van der Waals surface area contributed by atoms with E-state index < -0.39 is 0 Å². The molecule has 0 heterocycles. The normalized spacial score (nSPS) is 9.06. The molecule has 1 aromatic carbocycles. The number of carbonyl (C=O) groups excluding carboxylic acids is 2. The van der Waals surface area contributed by atoms with Crippen LogP contribution in [-0.2, 0) is 29.1 Å². The summed E-state index contributed by atoms with van der Waals surface area (Å²) in [6.45, 7) is 2.59. The first-order valence-electron chi connectivity index (χ1n) is 5.00. The first kappa shape index (κ1) is 12.1. The lowest BCUT2D eigenvalue weighted by Gasteiger charge is -2.09. The van der Waals surface area contributed by atoms with E-state index in [1.54, 1.807) is 0 Å². The minimum absolute atomic E-state index is 0.279. The zero-order chi connectivity index (χ0) is 11.8. The van der Waals surface area contributed by atoms with Crippen LogP contribution in [0.3, 0.4) is 0 Å². The number of isocyanates is 2. The van der Waals surface area contributed by atoms with Gasteiger partial charge in [-0.3, -0.25) is 0 Å². The third kappa shape index (κ3) is 2.99. The lowest BCUT2D eigenvalue weighted by Crippen LogP contribution is -1.98. The molecule has 0 aliphatic rings. The van der Waals surface area contributed by atoms with Crippen LogP contribution in [0.1, 0.15) is 23.6 Å². The summed E-state index contributed by atoms with van der Waals surface area (Å²) in [7, 11) is 0. The van der Waals surface area contributed by atoms with E-state index in [0.717, 1.165) is 23.1 Å². The molecule has 0 unspecified atom stereocenters. The molecule has 82 valence electrons. The average molecular weight is 216 g/mol. The summed E-state index contributed by atoms with van der Waals surface area (Å²) >= 11 is 0. The van der Waals surface area contributed by atoms with Crippen molar-refractivity contribution in [2.45, 2.75) is 26.4 Å². The molecule has 0 aliphatic carbocycles. The van der Waals surface area contributed by atoms with E-state index in [9.17, 15) is 9.59 Å². The van der Waals surface area contributed by atoms with Crippen LogP contribution in [0.4, 0.5) is 0 Å². The first-order valence-corrected chi connectivity index (χ1v) is 5.00. The van der Waals surface area contributed by atoms with Gasteiger partial charge in [-0.2, -0.15) is 0 Å². The maximum atomic E-state index is 10.1. The van der Waals surface area contributed by atoms with Crippen LogP contribution >= 0.6 is 0 Å². The van der Waals surface area contributed by atoms with E-state index in [0.29, 0.717) is 0 Å². The van der Waals surface area contributed by atoms with Crippen molar-refractivity contribution < 1.29 is 9.59 Å². The van der Waals surface area contributed by atoms with Crippen molar-refractivity contribution in [2.24, 2.45) is 9.98 Å². The SMILES string of the molecule is CCc1cccc(CN=C=O)c1CN=C=O. The highest BCUT2D eigenvalue weighted by molar-refractivity contribution is 5.40. The number of benzene rings is 1. The van der Waals surface area contributed by atoms with Gasteiger partial charge >= 0.3 is 0 Å². The molecule has 1 aromatic rings. The largest absolute Gasteiger partial charge is 0.235 e. The van der Waals surface area contributed by atoms with Crippen LogP contribution in [0.5, 0.6) is 0 Å². The van der Waals surface area contributed by atoms with Gasteiger partial charge in [0.25, 0.3) is 0 Å². The van der Waals surface area contributed by atoms with E-state index in [2.05, 4.69) is 9.98 Å². The fourth-order valence-electron chi connectivity index (χ4n) is 1.60. The Bertz CT molecular complexity index is 456. The summed E-state index contributed by atoms with van der Waals surface area (Å²) in [6.07, 6.45) is 3.87. The van der Waals surface area contributed by atoms with Gasteiger partial charge < -0.3 is 0 Å². The number of rotatable bonds is 5. The standard InChI is InChI=1S/C12H12N2O2/c1-2-10-4-3-5-11(6-13-8-15)12(10)7-14-9-16/h3-5H,2,6-7H2,1H3. The van der Waals surface area contributed by atoms with E-state index >= 15 is 0 Å². The summed E-state index contributed by atoms with van der Waals surface area (Å²) in [6, 6.07) is 5.75. The van der Waals surface area contributed by atoms with Gasteiger partial charge in [-0.25, -0.2) is 19.6 Å². The highest BCUT2D eigenvalue weighted by Crippen LogP contribution is 2.17. The second-order valence-electron chi connectivity index (χ2n) is 3.22. The van der Waals surface area contributed by atoms with E-state index in [-0.39, 0.29) is 13.1 Å². The molecule has 0 saturated heterocycles. The maximum Gasteiger partial charge on any atom is 0.235 e. The van der Waals surface area contributed by atoms with Crippen molar-refractivity contribution in [1.29, 1.82) is 0 Å². The minimum Gasteiger partial charge on any atom is -0.211 e. The number of aryl methyl sites for hydroxylation is 1. The molecular weight excluding hydrogens is 204 g/mol. The fraction of sp³-hybridized carbons (Fsp3) is 0.333. The van der Waals surface area contributed by atoms with Gasteiger partial charge in [-0.15, -0.1) is 0 Å². The minimum atomic E-state index is 0.279. The average Bonchev–Trinajstić information content (AvgIpc) is 2.33. The molecule has 1 rings (SSSR count). The molecule has 4 nitrogen and oxygen atoms in total. The molecule has 0 amide bonds. The summed E-state index contributed by atoms with van der Waals surface area (Å²) < 4.78 is 0. The van der Waals surface area contributed by atoms with Gasteiger partial charge in [0, 0.05) is 0 Å². The second kappa shape index (κ2) is 6.46. The number of hydrogen-bond donors (Lipinski definition) is 0. The van der Waals surface area contributed by atoms with Gasteiger partial charge in [-0.1, -0.05) is 25.1 Å². The Balaban J connectivity index is 3.13. The van der Waals surface area contributed by atoms with Gasteiger partial charge in [0.2, 0.25) is 12.2 Å². The molecule has 0 radical (unpaired) electrons. The molecule has 0 N–H and O–H groups in total. The van der Waals surface area contributed by atoms with Crippen molar-refractivity contribution in [1.82, 2.24) is 0 Å². The number of hydrogen-bond acceptors (Lipinski definition) is 4. The van der Waals surface area contributed by atoms with Crippen molar-refractivity contribution in [3.8, 4) is 0 Å². The van der Waals surface area contributed by atoms with E-state index in [1.807, 2.05) is 25.1 Å². The first-order chi connectivity index (χ1) is 7.83. The third-order valence-corrected chi connectivity index (χ3v) is 2.37. The maximum absolute atomic E-state index is 10.1. The molecule has 0 aliphatic heterocycles. The van der Waals surface area contributed by atoms with Crippen LogP contribution in [-0.4, -0.2) is 12.2 Å². The molecule has 0 fully saturated rings. The Labute approximate surface area is 93.7 Å². The van der Waals surface area contributed by atoms with Crippen molar-refractivity contribution in [2.75, 3.05) is 0 Å². The molecular formula is C12H12N2O2. The van der Waals surface area contributed by atoms with Crippen molar-refractivity contribution in [3.63, 3.8) is 0 Å². The molecule has 16 heavy (non-hydrogen) atoms. The second-order valence-corrected chi connectivity index (χ2v) is 3.22. The molecule has 4 heteroatoms. The topological polar surface area (TPSA) is 58.9 Å². The predicted octanol–water partition coefficient (Wildman–Crippen LogP) is 1.92. The summed E-state index contributed by atoms with van der Waals surface area (Å²) in [5, 5.41) is 0. The van der Waals surface area contributed by atoms with E-state index in [4.69, 9.17) is 0 Å². The Morgan fingerprint density at radius 3 is 2.31 bits per heavy atom. The monoisotopic (exact) mass is 216 g/mol. The molecule has 0 saturated carbocycles. The number of aliphatic imine (C=N–C) groups is 2. The van der Waals surface area contributed by atoms with Gasteiger partial charge in [0.15, 0.2) is 0 Å². The van der Waals surface area contributed by atoms with Gasteiger partial charge in [0.1, 0.15) is 0 Å². The van der Waals surface area contributed by atoms with Crippen LogP contribution < -0.4 is 0 Å². The smallest absolute Gasteiger partial charge is 0.211 e. The lowest BCUT2D eigenvalue weighted by atomic mass is 9.99. The third-order valence-electron chi connectivity index (χ3n) is 2.37. The lowest BCUT2D eigenvalue weighted by molar-refractivity contribution is 0.561. The highest BCUT2D eigenvalue weighted by atomic mass is 16.1. The van der Waals surface area contributed by atoms with Crippen LogP contribution in [0, 0.1) is 0 Å². The van der Waals surface area contributed by atoms with Crippen molar-refractivity contribution in [3.05, 3.63) is 34.9 Å². The molecule has 0 atom stereocenters. The van der Waals surface area contributed by atoms with Gasteiger partial charge in [0.05, 0.1) is 13.1 Å². The Morgan fingerprint density at radius 2 is 1.69 bits per heavy atom. The van der Waals surface area contributed by atoms with Gasteiger partial charge in [-0.05, 0) is 23.1 Å². The quantitative estimate of drug-likeness (QED) is 0.557. The van der Waals surface area contributed by atoms with E-state index in [1.165, 1.54) is 12.2 Å². The molecule has 0 spiro atoms. The summed E-state index contributed by atoms with van der Waals surface area (Å²) in [4.78, 5) is 27.3. The molecule has 0 aromatic heterocycles. The Morgan fingerprint density at radius 1 is 1.06 bits per heavy atom. The van der Waals surface area contributed by atoms with Crippen LogP contribution in [0.15, 0.2) is 28.2 Å². The zero-order valence-electron chi connectivity index (χ0n) is 9.06. The Hall–Kier alpha value is -2.02. The molecule has 0 bridgehead atoms. The Kier molecular flexibility index (Phi) is 4.87. The van der Waals surface area contributed by atoms with Crippen LogP contribution in [0.2, 0.25) is 0 Å².